The van der Waals surface area contributed by atoms with Crippen molar-refractivity contribution in [2.24, 2.45) is 0 Å². The Kier molecular flexibility index (Phi) is 7.31. The first-order valence-corrected chi connectivity index (χ1v) is 10.2. The summed E-state index contributed by atoms with van der Waals surface area (Å²) in [5, 5.41) is 19.5. The molecule has 1 saturated heterocycles. The number of aliphatic hydroxyl groups excluding tert-OH is 1. The van der Waals surface area contributed by atoms with Gasteiger partial charge in [-0.05, 0) is 43.5 Å². The zero-order valence-electron chi connectivity index (χ0n) is 17.0. The van der Waals surface area contributed by atoms with Crippen LogP contribution in [0.2, 0.25) is 0 Å². The average Bonchev–Trinajstić information content (AvgIpc) is 2.68. The van der Waals surface area contributed by atoms with E-state index in [0.29, 0.717) is 18.4 Å². The normalized spacial score (nSPS) is 18.3. The van der Waals surface area contributed by atoms with Gasteiger partial charge in [0.2, 0.25) is 0 Å². The van der Waals surface area contributed by atoms with E-state index in [1.54, 1.807) is 6.07 Å². The highest BCUT2D eigenvalue weighted by atomic mass is 16.5. The smallest absolute Gasteiger partial charge is 0.161 e. The topological polar surface area (TPSA) is 56.2 Å². The maximum Gasteiger partial charge on any atom is 0.161 e. The molecule has 28 heavy (non-hydrogen) atoms. The van der Waals surface area contributed by atoms with Gasteiger partial charge in [0.1, 0.15) is 0 Å². The summed E-state index contributed by atoms with van der Waals surface area (Å²) in [5.74, 6) is 0.733. The minimum atomic E-state index is 0.187. The van der Waals surface area contributed by atoms with Crippen molar-refractivity contribution in [3.63, 3.8) is 0 Å². The SMILES string of the molecule is CCOc1cc(CN2CCN(Cc3ccc(C)cc3)[C@H](CCO)C2)ccc1O. The van der Waals surface area contributed by atoms with Gasteiger partial charge < -0.3 is 14.9 Å². The van der Waals surface area contributed by atoms with Gasteiger partial charge in [-0.2, -0.15) is 0 Å². The summed E-state index contributed by atoms with van der Waals surface area (Å²) in [4.78, 5) is 4.91. The molecule has 2 N–H and O–H groups in total. The largest absolute Gasteiger partial charge is 0.504 e. The summed E-state index contributed by atoms with van der Waals surface area (Å²) in [5.41, 5.74) is 3.73. The fourth-order valence-electron chi connectivity index (χ4n) is 3.85. The Morgan fingerprint density at radius 1 is 1.04 bits per heavy atom. The lowest BCUT2D eigenvalue weighted by atomic mass is 10.1. The minimum Gasteiger partial charge on any atom is -0.504 e. The number of benzene rings is 2. The van der Waals surface area contributed by atoms with Crippen molar-refractivity contribution in [2.45, 2.75) is 39.4 Å². The quantitative estimate of drug-likeness (QED) is 0.732. The number of hydrogen-bond donors (Lipinski definition) is 2. The van der Waals surface area contributed by atoms with Crippen LogP contribution in [0.5, 0.6) is 11.5 Å². The average molecular weight is 385 g/mol. The summed E-state index contributed by atoms with van der Waals surface area (Å²) in [7, 11) is 0. The van der Waals surface area contributed by atoms with Gasteiger partial charge in [-0.3, -0.25) is 9.80 Å². The fraction of sp³-hybridized carbons (Fsp3) is 0.478. The van der Waals surface area contributed by atoms with Crippen LogP contribution in [-0.2, 0) is 13.1 Å². The van der Waals surface area contributed by atoms with Gasteiger partial charge in [-0.1, -0.05) is 35.9 Å². The predicted octanol–water partition coefficient (Wildman–Crippen LogP) is 3.17. The number of piperazine rings is 1. The number of aromatic hydroxyl groups is 1. The zero-order chi connectivity index (χ0) is 19.9. The summed E-state index contributed by atoms with van der Waals surface area (Å²) in [6.45, 7) is 9.40. The van der Waals surface area contributed by atoms with E-state index in [1.807, 2.05) is 19.1 Å². The van der Waals surface area contributed by atoms with Crippen LogP contribution in [0.3, 0.4) is 0 Å². The summed E-state index contributed by atoms with van der Waals surface area (Å²) in [6.07, 6.45) is 0.780. The van der Waals surface area contributed by atoms with Crippen molar-refractivity contribution < 1.29 is 14.9 Å². The van der Waals surface area contributed by atoms with Gasteiger partial charge in [-0.25, -0.2) is 0 Å². The van der Waals surface area contributed by atoms with Crippen LogP contribution < -0.4 is 4.74 Å². The third-order valence-corrected chi connectivity index (χ3v) is 5.39. The van der Waals surface area contributed by atoms with E-state index in [4.69, 9.17) is 4.74 Å². The third kappa shape index (κ3) is 5.47. The molecule has 0 aromatic heterocycles. The Morgan fingerprint density at radius 3 is 2.50 bits per heavy atom. The molecule has 2 aromatic rings. The third-order valence-electron chi connectivity index (χ3n) is 5.39. The van der Waals surface area contributed by atoms with Crippen molar-refractivity contribution in [3.8, 4) is 11.5 Å². The molecule has 0 aliphatic carbocycles. The molecule has 3 rings (SSSR count). The van der Waals surface area contributed by atoms with Crippen LogP contribution in [-0.4, -0.2) is 58.9 Å². The Bertz CT molecular complexity index is 748. The molecule has 1 aliphatic heterocycles. The van der Waals surface area contributed by atoms with Crippen molar-refractivity contribution in [1.29, 1.82) is 0 Å². The van der Waals surface area contributed by atoms with E-state index >= 15 is 0 Å². The van der Waals surface area contributed by atoms with E-state index in [2.05, 4.69) is 41.0 Å². The molecule has 1 atom stereocenters. The number of aryl methyl sites for hydroxylation is 1. The van der Waals surface area contributed by atoms with Gasteiger partial charge in [-0.15, -0.1) is 0 Å². The van der Waals surface area contributed by atoms with Crippen molar-refractivity contribution in [1.82, 2.24) is 9.80 Å². The number of phenolic OH excluding ortho intramolecular Hbond substituents is 1. The molecular weight excluding hydrogens is 352 g/mol. The molecule has 0 unspecified atom stereocenters. The molecule has 1 fully saturated rings. The Hall–Kier alpha value is -2.08. The second-order valence-corrected chi connectivity index (χ2v) is 7.59. The van der Waals surface area contributed by atoms with Crippen molar-refractivity contribution in [3.05, 3.63) is 59.2 Å². The van der Waals surface area contributed by atoms with E-state index in [0.717, 1.165) is 44.7 Å². The number of nitrogens with zero attached hydrogens (tertiary/aromatic N) is 2. The summed E-state index contributed by atoms with van der Waals surface area (Å²) < 4.78 is 5.51. The number of rotatable bonds is 8. The lowest BCUT2D eigenvalue weighted by Crippen LogP contribution is -2.52. The van der Waals surface area contributed by atoms with Crippen LogP contribution in [0.4, 0.5) is 0 Å². The van der Waals surface area contributed by atoms with Gasteiger partial charge in [0.25, 0.3) is 0 Å². The molecular formula is C23H32N2O3. The minimum absolute atomic E-state index is 0.187. The van der Waals surface area contributed by atoms with Crippen LogP contribution in [0.25, 0.3) is 0 Å². The maximum absolute atomic E-state index is 9.90. The number of ether oxygens (including phenoxy) is 1. The molecule has 0 bridgehead atoms. The zero-order valence-corrected chi connectivity index (χ0v) is 17.0. The lowest BCUT2D eigenvalue weighted by Gasteiger charge is -2.41. The molecule has 2 aromatic carbocycles. The Morgan fingerprint density at radius 2 is 1.79 bits per heavy atom. The summed E-state index contributed by atoms with van der Waals surface area (Å²) >= 11 is 0. The highest BCUT2D eigenvalue weighted by Crippen LogP contribution is 2.28. The molecule has 152 valence electrons. The van der Waals surface area contributed by atoms with E-state index in [-0.39, 0.29) is 12.4 Å². The monoisotopic (exact) mass is 384 g/mol. The van der Waals surface area contributed by atoms with Crippen molar-refractivity contribution in [2.75, 3.05) is 32.8 Å². The van der Waals surface area contributed by atoms with Crippen LogP contribution in [0.15, 0.2) is 42.5 Å². The molecule has 0 saturated carbocycles. The number of hydrogen-bond acceptors (Lipinski definition) is 5. The predicted molar refractivity (Wildman–Crippen MR) is 112 cm³/mol. The maximum atomic E-state index is 9.90. The first-order valence-electron chi connectivity index (χ1n) is 10.2. The van der Waals surface area contributed by atoms with Gasteiger partial charge in [0, 0.05) is 45.4 Å². The second-order valence-electron chi connectivity index (χ2n) is 7.59. The van der Waals surface area contributed by atoms with Crippen molar-refractivity contribution >= 4 is 0 Å². The number of aliphatic hydroxyl groups is 1. The van der Waals surface area contributed by atoms with Crippen LogP contribution >= 0.6 is 0 Å². The molecule has 0 spiro atoms. The summed E-state index contributed by atoms with van der Waals surface area (Å²) in [6, 6.07) is 14.6. The van der Waals surface area contributed by atoms with Crippen LogP contribution in [0, 0.1) is 6.92 Å². The van der Waals surface area contributed by atoms with Gasteiger partial charge in [0.15, 0.2) is 11.5 Å². The second kappa shape index (κ2) is 9.92. The molecule has 0 radical (unpaired) electrons. The van der Waals surface area contributed by atoms with E-state index in [9.17, 15) is 10.2 Å². The van der Waals surface area contributed by atoms with Gasteiger partial charge >= 0.3 is 0 Å². The molecule has 0 amide bonds. The fourth-order valence-corrected chi connectivity index (χ4v) is 3.85. The first-order chi connectivity index (χ1) is 13.6. The van der Waals surface area contributed by atoms with E-state index in [1.165, 1.54) is 11.1 Å². The molecule has 1 aliphatic rings. The molecule has 1 heterocycles. The number of phenols is 1. The van der Waals surface area contributed by atoms with Gasteiger partial charge in [0.05, 0.1) is 6.61 Å². The van der Waals surface area contributed by atoms with E-state index < -0.39 is 0 Å². The highest BCUT2D eigenvalue weighted by molar-refractivity contribution is 5.41. The first kappa shape index (κ1) is 20.6. The molecule has 5 heteroatoms. The standard InChI is InChI=1S/C23H32N2O3/c1-3-28-23-14-20(8-9-22(23)27)15-24-11-12-25(21(17-24)10-13-26)16-19-6-4-18(2)5-7-19/h4-9,14,21,26-27H,3,10-13,15-17H2,1-2H3/t21-/m1/s1. The lowest BCUT2D eigenvalue weighted by molar-refractivity contribution is 0.0499. The van der Waals surface area contributed by atoms with Crippen LogP contribution in [0.1, 0.15) is 30.0 Å². The Labute approximate surface area is 168 Å². The Balaban J connectivity index is 1.63. The highest BCUT2D eigenvalue weighted by Gasteiger charge is 2.26. The molecule has 5 nitrogen and oxygen atoms in total.